The van der Waals surface area contributed by atoms with E-state index in [1.165, 1.54) is 0 Å². The van der Waals surface area contributed by atoms with Crippen molar-refractivity contribution in [2.24, 2.45) is 0 Å². The summed E-state index contributed by atoms with van der Waals surface area (Å²) < 4.78 is 0. The lowest BCUT2D eigenvalue weighted by Crippen LogP contribution is -2.31. The molecule has 0 radical (unpaired) electrons. The summed E-state index contributed by atoms with van der Waals surface area (Å²) in [7, 11) is 0. The van der Waals surface area contributed by atoms with Crippen LogP contribution in [-0.4, -0.2) is 24.0 Å². The van der Waals surface area contributed by atoms with Gasteiger partial charge in [-0.2, -0.15) is 5.26 Å². The Bertz CT molecular complexity index is 153. The fraction of sp³-hybridized carbons (Fsp3) is 0.667. The zero-order valence-electron chi connectivity index (χ0n) is 7.54. The number of nitrogens with zero attached hydrogens (tertiary/aromatic N) is 2. The topological polar surface area (TPSA) is 27.0 Å². The van der Waals surface area contributed by atoms with Crippen molar-refractivity contribution in [3.8, 4) is 6.07 Å². The maximum absolute atomic E-state index is 8.47. The Kier molecular flexibility index (Phi) is 5.50. The van der Waals surface area contributed by atoms with Crippen molar-refractivity contribution < 1.29 is 0 Å². The van der Waals surface area contributed by atoms with E-state index < -0.39 is 0 Å². The van der Waals surface area contributed by atoms with Crippen LogP contribution in [0.4, 0.5) is 0 Å². The average Bonchev–Trinajstić information content (AvgIpc) is 1.97. The fourth-order valence-corrected chi connectivity index (χ4v) is 0.790. The quantitative estimate of drug-likeness (QED) is 0.453. The van der Waals surface area contributed by atoms with Gasteiger partial charge >= 0.3 is 0 Å². The molecule has 0 aliphatic rings. The number of hydrogen-bond donors (Lipinski definition) is 0. The second-order valence-corrected chi connectivity index (χ2v) is 2.75. The summed E-state index contributed by atoms with van der Waals surface area (Å²) in [6.07, 6.45) is 4.07. The Morgan fingerprint density at radius 3 is 2.55 bits per heavy atom. The van der Waals surface area contributed by atoms with E-state index in [1.54, 1.807) is 0 Å². The molecule has 0 atom stereocenters. The Labute approximate surface area is 69.1 Å². The Hall–Kier alpha value is -0.810. The van der Waals surface area contributed by atoms with Gasteiger partial charge < -0.3 is 0 Å². The minimum absolute atomic E-state index is 0.450. The molecule has 0 aromatic heterocycles. The van der Waals surface area contributed by atoms with Crippen LogP contribution in [0.3, 0.4) is 0 Å². The van der Waals surface area contributed by atoms with Crippen molar-refractivity contribution in [1.29, 1.82) is 5.26 Å². The van der Waals surface area contributed by atoms with Gasteiger partial charge in [0.05, 0.1) is 12.6 Å². The highest BCUT2D eigenvalue weighted by Crippen LogP contribution is 1.96. The molecule has 0 unspecified atom stereocenters. The molecule has 0 aliphatic carbocycles. The van der Waals surface area contributed by atoms with Crippen LogP contribution in [0.5, 0.6) is 0 Å². The number of rotatable bonds is 4. The summed E-state index contributed by atoms with van der Waals surface area (Å²) in [6, 6.07) is 2.60. The lowest BCUT2D eigenvalue weighted by molar-refractivity contribution is 0.276. The standard InChI is InChI=1S/C9H16N2/c1-4-5-7-11(8-6-10)9(2)3/h4-5,9H,7-8H2,1-3H3. The van der Waals surface area contributed by atoms with E-state index >= 15 is 0 Å². The molecule has 0 aromatic carbocycles. The molecule has 0 fully saturated rings. The second kappa shape index (κ2) is 5.94. The molecular formula is C9H16N2. The van der Waals surface area contributed by atoms with Gasteiger partial charge in [-0.1, -0.05) is 12.2 Å². The number of hydrogen-bond acceptors (Lipinski definition) is 2. The van der Waals surface area contributed by atoms with Crippen LogP contribution in [0.2, 0.25) is 0 Å². The van der Waals surface area contributed by atoms with Gasteiger partial charge in [-0.05, 0) is 20.8 Å². The third-order valence-corrected chi connectivity index (χ3v) is 1.58. The third kappa shape index (κ3) is 4.58. The van der Waals surface area contributed by atoms with Crippen LogP contribution in [0.15, 0.2) is 12.2 Å². The lowest BCUT2D eigenvalue weighted by Gasteiger charge is -2.21. The highest BCUT2D eigenvalue weighted by Gasteiger charge is 2.04. The van der Waals surface area contributed by atoms with E-state index in [1.807, 2.05) is 13.0 Å². The zero-order chi connectivity index (χ0) is 8.69. The molecule has 0 heterocycles. The summed E-state index contributed by atoms with van der Waals surface area (Å²) in [4.78, 5) is 2.11. The summed E-state index contributed by atoms with van der Waals surface area (Å²) in [5.74, 6) is 0. The van der Waals surface area contributed by atoms with E-state index in [2.05, 4.69) is 30.9 Å². The van der Waals surface area contributed by atoms with E-state index in [0.29, 0.717) is 12.6 Å². The molecule has 62 valence electrons. The molecule has 2 heteroatoms. The molecule has 0 amide bonds. The predicted octanol–water partition coefficient (Wildman–Crippen LogP) is 1.80. The van der Waals surface area contributed by atoms with Crippen molar-refractivity contribution in [3.63, 3.8) is 0 Å². The molecule has 0 aliphatic heterocycles. The minimum Gasteiger partial charge on any atom is -0.284 e. The maximum atomic E-state index is 8.47. The summed E-state index contributed by atoms with van der Waals surface area (Å²) in [5.41, 5.74) is 0. The molecule has 2 nitrogen and oxygen atoms in total. The fourth-order valence-electron chi connectivity index (χ4n) is 0.790. The molecule has 0 rings (SSSR count). The van der Waals surface area contributed by atoms with Crippen LogP contribution in [-0.2, 0) is 0 Å². The molecule has 11 heavy (non-hydrogen) atoms. The van der Waals surface area contributed by atoms with Crippen LogP contribution in [0, 0.1) is 11.3 Å². The van der Waals surface area contributed by atoms with Crippen molar-refractivity contribution in [2.45, 2.75) is 26.8 Å². The van der Waals surface area contributed by atoms with Gasteiger partial charge in [0.25, 0.3) is 0 Å². The van der Waals surface area contributed by atoms with Crippen molar-refractivity contribution >= 4 is 0 Å². The maximum Gasteiger partial charge on any atom is 0.0870 e. The Morgan fingerprint density at radius 1 is 1.55 bits per heavy atom. The average molecular weight is 152 g/mol. The number of nitriles is 1. The molecule has 0 saturated heterocycles. The first-order valence-electron chi connectivity index (χ1n) is 3.94. The lowest BCUT2D eigenvalue weighted by atomic mass is 10.3. The SMILES string of the molecule is CC=CCN(CC#N)C(C)C. The van der Waals surface area contributed by atoms with Gasteiger partial charge in [0, 0.05) is 12.6 Å². The van der Waals surface area contributed by atoms with Crippen LogP contribution in [0.25, 0.3) is 0 Å². The molecule has 0 saturated carbocycles. The first-order valence-corrected chi connectivity index (χ1v) is 3.94. The smallest absolute Gasteiger partial charge is 0.0870 e. The summed E-state index contributed by atoms with van der Waals surface area (Å²) in [5, 5.41) is 8.47. The normalized spacial score (nSPS) is 11.3. The van der Waals surface area contributed by atoms with Crippen molar-refractivity contribution in [3.05, 3.63) is 12.2 Å². The Balaban J connectivity index is 3.81. The van der Waals surface area contributed by atoms with E-state index in [4.69, 9.17) is 5.26 Å². The largest absolute Gasteiger partial charge is 0.284 e. The van der Waals surface area contributed by atoms with Crippen molar-refractivity contribution in [2.75, 3.05) is 13.1 Å². The van der Waals surface area contributed by atoms with Gasteiger partial charge in [0.1, 0.15) is 0 Å². The monoisotopic (exact) mass is 152 g/mol. The van der Waals surface area contributed by atoms with Crippen LogP contribution >= 0.6 is 0 Å². The van der Waals surface area contributed by atoms with Gasteiger partial charge in [-0.25, -0.2) is 0 Å². The highest BCUT2D eigenvalue weighted by molar-refractivity contribution is 4.86. The number of allylic oxidation sites excluding steroid dienone is 1. The molecule has 0 spiro atoms. The van der Waals surface area contributed by atoms with Gasteiger partial charge in [0.15, 0.2) is 0 Å². The highest BCUT2D eigenvalue weighted by atomic mass is 15.1. The third-order valence-electron chi connectivity index (χ3n) is 1.58. The van der Waals surface area contributed by atoms with E-state index in [-0.39, 0.29) is 0 Å². The van der Waals surface area contributed by atoms with Crippen LogP contribution in [0.1, 0.15) is 20.8 Å². The summed E-state index contributed by atoms with van der Waals surface area (Å²) >= 11 is 0. The summed E-state index contributed by atoms with van der Waals surface area (Å²) in [6.45, 7) is 7.58. The first-order chi connectivity index (χ1) is 5.22. The van der Waals surface area contributed by atoms with Gasteiger partial charge in [0.2, 0.25) is 0 Å². The molecule has 0 N–H and O–H groups in total. The van der Waals surface area contributed by atoms with E-state index in [0.717, 1.165) is 6.54 Å². The molecule has 0 aromatic rings. The first kappa shape index (κ1) is 10.2. The zero-order valence-corrected chi connectivity index (χ0v) is 7.54. The minimum atomic E-state index is 0.450. The van der Waals surface area contributed by atoms with E-state index in [9.17, 15) is 0 Å². The van der Waals surface area contributed by atoms with Crippen molar-refractivity contribution in [1.82, 2.24) is 4.90 Å². The van der Waals surface area contributed by atoms with Gasteiger partial charge in [-0.15, -0.1) is 0 Å². The van der Waals surface area contributed by atoms with Gasteiger partial charge in [-0.3, -0.25) is 4.90 Å². The predicted molar refractivity (Wildman–Crippen MR) is 47.1 cm³/mol. The van der Waals surface area contributed by atoms with Crippen LogP contribution < -0.4 is 0 Å². The Morgan fingerprint density at radius 2 is 2.18 bits per heavy atom. The molecule has 0 bridgehead atoms. The second-order valence-electron chi connectivity index (χ2n) is 2.75. The molecular weight excluding hydrogens is 136 g/mol.